The maximum absolute atomic E-state index is 13.6. The third-order valence-corrected chi connectivity index (χ3v) is 7.49. The number of hydrogen-bond donors (Lipinski definition) is 4. The molecule has 0 spiro atoms. The lowest BCUT2D eigenvalue weighted by atomic mass is 9.85. The zero-order valence-electron chi connectivity index (χ0n) is 20.8. The van der Waals surface area contributed by atoms with Gasteiger partial charge in [0, 0.05) is 13.0 Å². The van der Waals surface area contributed by atoms with Crippen molar-refractivity contribution in [3.05, 3.63) is 0 Å². The number of nitrogens with zero attached hydrogens (tertiary/aromatic N) is 1. The number of carbonyl (C=O) groups is 4. The van der Waals surface area contributed by atoms with Gasteiger partial charge < -0.3 is 30.5 Å². The molecule has 10 heteroatoms. The molecule has 0 bridgehead atoms. The first kappa shape index (κ1) is 26.2. The van der Waals surface area contributed by atoms with E-state index in [2.05, 4.69) is 17.6 Å². The smallest absolute Gasteiger partial charge is 0.408 e. The number of carbonyl (C=O) groups excluding carboxylic acids is 3. The maximum Gasteiger partial charge on any atom is 0.408 e. The van der Waals surface area contributed by atoms with Crippen LogP contribution in [0.25, 0.3) is 0 Å². The second-order valence-corrected chi connectivity index (χ2v) is 11.4. The van der Waals surface area contributed by atoms with E-state index >= 15 is 0 Å². The predicted molar refractivity (Wildman–Crippen MR) is 123 cm³/mol. The summed E-state index contributed by atoms with van der Waals surface area (Å²) in [7, 11) is 0. The Balaban J connectivity index is 1.72. The Morgan fingerprint density at radius 3 is 2.35 bits per heavy atom. The van der Waals surface area contributed by atoms with Gasteiger partial charge in [0.25, 0.3) is 0 Å². The van der Waals surface area contributed by atoms with E-state index in [1.54, 1.807) is 20.8 Å². The summed E-state index contributed by atoms with van der Waals surface area (Å²) in [5.41, 5.74) is -2.02. The normalized spacial score (nSPS) is 33.8. The fraction of sp³-hybridized carbons (Fsp3) is 0.833. The number of carboxylic acid groups (broad SMARTS) is 1. The van der Waals surface area contributed by atoms with E-state index in [1.165, 1.54) is 4.90 Å². The van der Waals surface area contributed by atoms with Gasteiger partial charge in [0.2, 0.25) is 11.8 Å². The van der Waals surface area contributed by atoms with Crippen LogP contribution in [0.2, 0.25) is 0 Å². The number of rotatable bonds is 7. The Labute approximate surface area is 200 Å². The number of carboxylic acids is 1. The Bertz CT molecular complexity index is 826. The molecule has 3 fully saturated rings. The van der Waals surface area contributed by atoms with Crippen LogP contribution in [-0.2, 0) is 19.1 Å². The highest BCUT2D eigenvalue weighted by Crippen LogP contribution is 2.46. The molecule has 2 saturated carbocycles. The van der Waals surface area contributed by atoms with Crippen molar-refractivity contribution in [1.29, 1.82) is 0 Å². The number of aliphatic hydroxyl groups is 1. The van der Waals surface area contributed by atoms with Crippen LogP contribution in [0.3, 0.4) is 0 Å². The van der Waals surface area contributed by atoms with Crippen LogP contribution >= 0.6 is 0 Å². The van der Waals surface area contributed by atoms with E-state index in [4.69, 9.17) is 4.74 Å². The minimum Gasteiger partial charge on any atom is -0.479 e. The molecular weight excluding hydrogens is 442 g/mol. The van der Waals surface area contributed by atoms with Crippen molar-refractivity contribution >= 4 is 23.9 Å². The van der Waals surface area contributed by atoms with Gasteiger partial charge in [-0.25, -0.2) is 9.59 Å². The number of aliphatic hydroxyl groups excluding tert-OH is 1. The van der Waals surface area contributed by atoms with E-state index in [-0.39, 0.29) is 25.0 Å². The van der Waals surface area contributed by atoms with Crippen molar-refractivity contribution in [2.45, 2.75) is 103 Å². The SMILES string of the molecule is CCC1C[C@]1(NC(=O)C1C[C@@H](O)CN1C(=O)[C@@H](NC(=O)OC1CCC(C)C1)C(C)(C)C)C(=O)O. The number of hydrogen-bond acceptors (Lipinski definition) is 6. The molecule has 3 amide bonds. The highest BCUT2D eigenvalue weighted by Gasteiger charge is 2.61. The molecule has 4 unspecified atom stereocenters. The van der Waals surface area contributed by atoms with E-state index < -0.39 is 53.0 Å². The largest absolute Gasteiger partial charge is 0.479 e. The number of aliphatic carboxylic acids is 1. The average molecular weight is 482 g/mol. The van der Waals surface area contributed by atoms with Crippen LogP contribution in [-0.4, -0.2) is 75.4 Å². The number of alkyl carbamates (subject to hydrolysis) is 1. The zero-order chi connectivity index (χ0) is 25.4. The van der Waals surface area contributed by atoms with Crippen LogP contribution in [0, 0.1) is 17.3 Å². The molecule has 0 aromatic rings. The van der Waals surface area contributed by atoms with Crippen molar-refractivity contribution in [1.82, 2.24) is 15.5 Å². The van der Waals surface area contributed by atoms with Gasteiger partial charge in [-0.1, -0.05) is 41.0 Å². The summed E-state index contributed by atoms with van der Waals surface area (Å²) in [6.07, 6.45) is 1.72. The summed E-state index contributed by atoms with van der Waals surface area (Å²) in [6, 6.07) is -2.01. The van der Waals surface area contributed by atoms with Crippen molar-refractivity contribution in [2.24, 2.45) is 17.3 Å². The minimum absolute atomic E-state index is 0.00529. The van der Waals surface area contributed by atoms with Crippen LogP contribution in [0.4, 0.5) is 4.79 Å². The Kier molecular flexibility index (Phi) is 7.50. The van der Waals surface area contributed by atoms with E-state index in [1.807, 2.05) is 6.92 Å². The molecule has 3 rings (SSSR count). The van der Waals surface area contributed by atoms with Gasteiger partial charge in [0.15, 0.2) is 0 Å². The molecule has 3 aliphatic rings. The van der Waals surface area contributed by atoms with Gasteiger partial charge in [-0.2, -0.15) is 0 Å². The molecule has 4 N–H and O–H groups in total. The van der Waals surface area contributed by atoms with Crippen LogP contribution < -0.4 is 10.6 Å². The lowest BCUT2D eigenvalue weighted by Gasteiger charge is -2.35. The molecule has 0 aromatic carbocycles. The van der Waals surface area contributed by atoms with Crippen LogP contribution in [0.5, 0.6) is 0 Å². The fourth-order valence-corrected chi connectivity index (χ4v) is 5.28. The first-order valence-corrected chi connectivity index (χ1v) is 12.3. The molecule has 1 saturated heterocycles. The Hall–Kier alpha value is -2.36. The number of likely N-dealkylation sites (tertiary alicyclic amines) is 1. The van der Waals surface area contributed by atoms with E-state index in [0.717, 1.165) is 19.3 Å². The molecule has 2 aliphatic carbocycles. The molecule has 0 radical (unpaired) electrons. The number of ether oxygens (including phenoxy) is 1. The number of amides is 3. The van der Waals surface area contributed by atoms with E-state index in [0.29, 0.717) is 18.8 Å². The van der Waals surface area contributed by atoms with Gasteiger partial charge in [0.1, 0.15) is 23.7 Å². The first-order valence-electron chi connectivity index (χ1n) is 12.3. The second kappa shape index (κ2) is 9.71. The molecule has 192 valence electrons. The molecule has 10 nitrogen and oxygen atoms in total. The molecular formula is C24H39N3O7. The monoisotopic (exact) mass is 481 g/mol. The quantitative estimate of drug-likeness (QED) is 0.432. The first-order chi connectivity index (χ1) is 15.8. The third kappa shape index (κ3) is 5.47. The zero-order valence-corrected chi connectivity index (χ0v) is 20.8. The highest BCUT2D eigenvalue weighted by molar-refractivity contribution is 5.96. The number of β-amino-alcohol motifs (C(OH)–C–C–N with tert-alkyl or cyclic N) is 1. The summed E-state index contributed by atoms with van der Waals surface area (Å²) >= 11 is 0. The molecule has 34 heavy (non-hydrogen) atoms. The second-order valence-electron chi connectivity index (χ2n) is 11.4. The minimum atomic E-state index is -1.32. The van der Waals surface area contributed by atoms with Crippen LogP contribution in [0.15, 0.2) is 0 Å². The van der Waals surface area contributed by atoms with Gasteiger partial charge in [0.05, 0.1) is 6.10 Å². The predicted octanol–water partition coefficient (Wildman–Crippen LogP) is 1.65. The van der Waals surface area contributed by atoms with E-state index in [9.17, 15) is 29.4 Å². The highest BCUT2D eigenvalue weighted by atomic mass is 16.6. The summed E-state index contributed by atoms with van der Waals surface area (Å²) in [6.45, 7) is 9.28. The van der Waals surface area contributed by atoms with Crippen molar-refractivity contribution in [2.75, 3.05) is 6.54 Å². The summed E-state index contributed by atoms with van der Waals surface area (Å²) in [4.78, 5) is 52.3. The molecule has 1 heterocycles. The summed E-state index contributed by atoms with van der Waals surface area (Å²) in [5, 5.41) is 25.2. The molecule has 0 aromatic heterocycles. The summed E-state index contributed by atoms with van der Waals surface area (Å²) < 4.78 is 5.53. The van der Waals surface area contributed by atoms with Gasteiger partial charge in [-0.15, -0.1) is 0 Å². The number of nitrogens with one attached hydrogen (secondary N) is 2. The van der Waals surface area contributed by atoms with Gasteiger partial charge in [-0.05, 0) is 42.9 Å². The van der Waals surface area contributed by atoms with Crippen molar-refractivity contribution in [3.8, 4) is 0 Å². The lowest BCUT2D eigenvalue weighted by molar-refractivity contribution is -0.146. The summed E-state index contributed by atoms with van der Waals surface area (Å²) in [5.74, 6) is -1.88. The molecule has 7 atom stereocenters. The van der Waals surface area contributed by atoms with Gasteiger partial charge >= 0.3 is 12.1 Å². The average Bonchev–Trinajstić information content (AvgIpc) is 3.07. The topological polar surface area (TPSA) is 145 Å². The molecule has 1 aliphatic heterocycles. The van der Waals surface area contributed by atoms with Crippen molar-refractivity contribution < 1.29 is 34.1 Å². The van der Waals surface area contributed by atoms with Crippen LogP contribution in [0.1, 0.15) is 73.1 Å². The fourth-order valence-electron chi connectivity index (χ4n) is 5.28. The van der Waals surface area contributed by atoms with Crippen molar-refractivity contribution in [3.63, 3.8) is 0 Å². The maximum atomic E-state index is 13.6. The third-order valence-electron chi connectivity index (χ3n) is 7.49. The standard InChI is InChI=1S/C24H39N3O7/c1-6-14-11-24(14,21(31)32)26-19(29)17-10-15(28)12-27(17)20(30)18(23(3,4)5)25-22(33)34-16-8-7-13(2)9-16/h13-18,28H,6-12H2,1-5H3,(H,25,33)(H,26,29)(H,31,32)/t13?,14?,15-,16?,17?,18-,24-/m1/s1. The Morgan fingerprint density at radius 1 is 1.18 bits per heavy atom. The lowest BCUT2D eigenvalue weighted by Crippen LogP contribution is -2.59. The Morgan fingerprint density at radius 2 is 1.85 bits per heavy atom. The van der Waals surface area contributed by atoms with Gasteiger partial charge in [-0.3, -0.25) is 9.59 Å².